The smallest absolute Gasteiger partial charge is 0.0786 e. The summed E-state index contributed by atoms with van der Waals surface area (Å²) in [5.41, 5.74) is 0. The van der Waals surface area contributed by atoms with Gasteiger partial charge in [-0.15, -0.1) is 34.9 Å². The van der Waals surface area contributed by atoms with Crippen LogP contribution in [0.5, 0.6) is 0 Å². The molecule has 0 aliphatic heterocycles. The van der Waals surface area contributed by atoms with E-state index >= 15 is 0 Å². The molecule has 0 spiro atoms. The van der Waals surface area contributed by atoms with E-state index in [-0.39, 0.29) is 13.2 Å². The number of thioether (sulfide) groups is 2. The number of aliphatic hydroxyl groups excluding tert-OH is 2. The van der Waals surface area contributed by atoms with E-state index in [9.17, 15) is 0 Å². The molecule has 0 unspecified atom stereocenters. The minimum atomic E-state index is 0.0639. The van der Waals surface area contributed by atoms with E-state index in [4.69, 9.17) is 10.2 Å². The molecule has 1 aromatic rings. The van der Waals surface area contributed by atoms with Crippen LogP contribution in [0.2, 0.25) is 0 Å². The van der Waals surface area contributed by atoms with Gasteiger partial charge in [0.15, 0.2) is 0 Å². The molecule has 0 amide bonds. The maximum absolute atomic E-state index is 9.08. The fourth-order valence-electron chi connectivity index (χ4n) is 1.12. The molecule has 2 N–H and O–H groups in total. The molecule has 0 fully saturated rings. The number of thiophene rings is 1. The monoisotopic (exact) mass is 236 g/mol. The van der Waals surface area contributed by atoms with Crippen molar-refractivity contribution in [2.45, 2.75) is 23.0 Å². The van der Waals surface area contributed by atoms with Crippen molar-refractivity contribution in [3.8, 4) is 0 Å². The first-order chi connectivity index (χ1) is 6.28. The molecular weight excluding hydrogens is 224 g/mol. The van der Waals surface area contributed by atoms with Crippen molar-refractivity contribution in [1.82, 2.24) is 0 Å². The van der Waals surface area contributed by atoms with Gasteiger partial charge >= 0.3 is 0 Å². The molecule has 0 aliphatic carbocycles. The number of hydrogen-bond acceptors (Lipinski definition) is 5. The van der Waals surface area contributed by atoms with E-state index in [1.807, 2.05) is 12.5 Å². The van der Waals surface area contributed by atoms with Crippen LogP contribution in [0.1, 0.15) is 9.75 Å². The molecule has 0 bridgehead atoms. The average molecular weight is 236 g/mol. The van der Waals surface area contributed by atoms with Gasteiger partial charge < -0.3 is 10.2 Å². The van der Waals surface area contributed by atoms with E-state index in [0.717, 1.165) is 19.5 Å². The summed E-state index contributed by atoms with van der Waals surface area (Å²) in [6.07, 6.45) is 3.98. The molecule has 2 nitrogen and oxygen atoms in total. The van der Waals surface area contributed by atoms with E-state index in [1.165, 1.54) is 11.3 Å². The zero-order valence-electron chi connectivity index (χ0n) is 7.53. The van der Waals surface area contributed by atoms with Crippen LogP contribution < -0.4 is 0 Å². The lowest BCUT2D eigenvalue weighted by Gasteiger charge is -2.00. The van der Waals surface area contributed by atoms with E-state index < -0.39 is 0 Å². The van der Waals surface area contributed by atoms with Crippen molar-refractivity contribution in [1.29, 1.82) is 0 Å². The van der Waals surface area contributed by atoms with E-state index in [0.29, 0.717) is 0 Å². The molecule has 5 heteroatoms. The van der Waals surface area contributed by atoms with Gasteiger partial charge in [0.1, 0.15) is 0 Å². The molecular formula is C8H12O2S3. The standard InChI is InChI=1S/C8H12O2S3/c1-11-7-5(3-9)13-6(4-10)8(7)12-2/h9-10H,3-4H2,1-2H3. The SMILES string of the molecule is CSc1c(CO)sc(CO)c1SC. The van der Waals surface area contributed by atoms with Crippen LogP contribution in [0.25, 0.3) is 0 Å². The topological polar surface area (TPSA) is 40.5 Å². The highest BCUT2D eigenvalue weighted by atomic mass is 32.2. The van der Waals surface area contributed by atoms with Crippen LogP contribution in [0.15, 0.2) is 9.79 Å². The lowest BCUT2D eigenvalue weighted by molar-refractivity contribution is 0.282. The molecule has 13 heavy (non-hydrogen) atoms. The van der Waals surface area contributed by atoms with E-state index in [2.05, 4.69) is 0 Å². The Morgan fingerprint density at radius 2 is 1.38 bits per heavy atom. The van der Waals surface area contributed by atoms with Crippen LogP contribution >= 0.6 is 34.9 Å². The molecule has 0 aromatic carbocycles. The second-order valence-electron chi connectivity index (χ2n) is 2.33. The molecule has 74 valence electrons. The fraction of sp³-hybridized carbons (Fsp3) is 0.500. The lowest BCUT2D eigenvalue weighted by atomic mass is 10.4. The second kappa shape index (κ2) is 5.26. The summed E-state index contributed by atoms with van der Waals surface area (Å²) in [6, 6.07) is 0. The Labute approximate surface area is 90.4 Å². The van der Waals surface area contributed by atoms with Gasteiger partial charge in [-0.2, -0.15) is 0 Å². The molecule has 1 rings (SSSR count). The van der Waals surface area contributed by atoms with Gasteiger partial charge in [0.05, 0.1) is 13.2 Å². The first-order valence-electron chi connectivity index (χ1n) is 3.72. The molecule has 0 atom stereocenters. The van der Waals surface area contributed by atoms with Gasteiger partial charge in [-0.05, 0) is 12.5 Å². The first-order valence-corrected chi connectivity index (χ1v) is 6.99. The van der Waals surface area contributed by atoms with Gasteiger partial charge in [0.2, 0.25) is 0 Å². The fourth-order valence-corrected chi connectivity index (χ4v) is 4.51. The maximum atomic E-state index is 9.08. The Kier molecular flexibility index (Phi) is 4.61. The Balaban J connectivity index is 3.17. The minimum Gasteiger partial charge on any atom is -0.391 e. The van der Waals surface area contributed by atoms with Gasteiger partial charge in [-0.3, -0.25) is 0 Å². The van der Waals surface area contributed by atoms with Crippen LogP contribution in [-0.2, 0) is 13.2 Å². The summed E-state index contributed by atoms with van der Waals surface area (Å²) in [4.78, 5) is 4.15. The van der Waals surface area contributed by atoms with Crippen LogP contribution in [0.4, 0.5) is 0 Å². The Morgan fingerprint density at radius 3 is 1.62 bits per heavy atom. The predicted octanol–water partition coefficient (Wildman–Crippen LogP) is 2.18. The zero-order valence-corrected chi connectivity index (χ0v) is 9.98. The zero-order chi connectivity index (χ0) is 9.84. The lowest BCUT2D eigenvalue weighted by Crippen LogP contribution is -1.81. The third-order valence-electron chi connectivity index (χ3n) is 1.65. The van der Waals surface area contributed by atoms with Gasteiger partial charge in [0.25, 0.3) is 0 Å². The minimum absolute atomic E-state index is 0.0639. The number of hydrogen-bond donors (Lipinski definition) is 2. The second-order valence-corrected chi connectivity index (χ2v) is 5.15. The molecule has 1 aromatic heterocycles. The largest absolute Gasteiger partial charge is 0.391 e. The molecule has 0 saturated carbocycles. The van der Waals surface area contributed by atoms with Crippen molar-refractivity contribution in [3.05, 3.63) is 9.75 Å². The first kappa shape index (κ1) is 11.4. The Bertz CT molecular complexity index is 257. The normalized spacial score (nSPS) is 10.8. The number of rotatable bonds is 4. The maximum Gasteiger partial charge on any atom is 0.0786 e. The summed E-state index contributed by atoms with van der Waals surface area (Å²) in [7, 11) is 0. The van der Waals surface area contributed by atoms with E-state index in [1.54, 1.807) is 23.5 Å². The van der Waals surface area contributed by atoms with Crippen LogP contribution in [-0.4, -0.2) is 22.7 Å². The summed E-state index contributed by atoms with van der Waals surface area (Å²) >= 11 is 4.75. The van der Waals surface area contributed by atoms with Crippen LogP contribution in [0, 0.1) is 0 Å². The highest BCUT2D eigenvalue weighted by molar-refractivity contribution is 8.01. The third kappa shape index (κ3) is 2.22. The van der Waals surface area contributed by atoms with Crippen molar-refractivity contribution in [2.75, 3.05) is 12.5 Å². The Morgan fingerprint density at radius 1 is 1.00 bits per heavy atom. The van der Waals surface area contributed by atoms with Crippen molar-refractivity contribution >= 4 is 34.9 Å². The molecule has 0 aliphatic rings. The van der Waals surface area contributed by atoms with Gasteiger partial charge in [-0.25, -0.2) is 0 Å². The predicted molar refractivity (Wildman–Crippen MR) is 59.7 cm³/mol. The summed E-state index contributed by atoms with van der Waals surface area (Å²) < 4.78 is 0. The molecule has 1 heterocycles. The third-order valence-corrected chi connectivity index (χ3v) is 4.92. The van der Waals surface area contributed by atoms with Crippen molar-refractivity contribution in [2.24, 2.45) is 0 Å². The summed E-state index contributed by atoms with van der Waals surface area (Å²) in [5, 5.41) is 18.2. The van der Waals surface area contributed by atoms with Crippen molar-refractivity contribution in [3.63, 3.8) is 0 Å². The summed E-state index contributed by atoms with van der Waals surface area (Å²) in [5.74, 6) is 0. The molecule has 0 radical (unpaired) electrons. The highest BCUT2D eigenvalue weighted by Gasteiger charge is 2.15. The highest BCUT2D eigenvalue weighted by Crippen LogP contribution is 2.40. The summed E-state index contributed by atoms with van der Waals surface area (Å²) in [6.45, 7) is 0.128. The van der Waals surface area contributed by atoms with Gasteiger partial charge in [0, 0.05) is 19.5 Å². The number of aliphatic hydroxyl groups is 2. The van der Waals surface area contributed by atoms with Crippen molar-refractivity contribution < 1.29 is 10.2 Å². The van der Waals surface area contributed by atoms with Gasteiger partial charge in [-0.1, -0.05) is 0 Å². The van der Waals surface area contributed by atoms with Crippen LogP contribution in [0.3, 0.4) is 0 Å². The molecule has 0 saturated heterocycles. The average Bonchev–Trinajstić information content (AvgIpc) is 2.54. The Hall–Kier alpha value is 0.320. The quantitative estimate of drug-likeness (QED) is 0.786.